The third kappa shape index (κ3) is 4.46. The highest BCUT2D eigenvalue weighted by Gasteiger charge is 2.11. The zero-order chi connectivity index (χ0) is 15.4. The Kier molecular flexibility index (Phi) is 5.23. The summed E-state index contributed by atoms with van der Waals surface area (Å²) in [6.45, 7) is 6.19. The van der Waals surface area contributed by atoms with Crippen molar-refractivity contribution in [3.63, 3.8) is 0 Å². The second-order valence-electron chi connectivity index (χ2n) is 5.54. The van der Waals surface area contributed by atoms with E-state index in [4.69, 9.17) is 4.74 Å². The van der Waals surface area contributed by atoms with Crippen LogP contribution in [0.3, 0.4) is 0 Å². The molecule has 1 N–H and O–H groups in total. The summed E-state index contributed by atoms with van der Waals surface area (Å²) in [7, 11) is 0. The van der Waals surface area contributed by atoms with E-state index >= 15 is 0 Å². The maximum absolute atomic E-state index is 11.8. The molecule has 0 fully saturated rings. The summed E-state index contributed by atoms with van der Waals surface area (Å²) in [6.07, 6.45) is 0. The van der Waals surface area contributed by atoms with Gasteiger partial charge >= 0.3 is 0 Å². The van der Waals surface area contributed by atoms with Crippen LogP contribution in [0.25, 0.3) is 10.8 Å². The third-order valence-corrected chi connectivity index (χ3v) is 4.03. The lowest BCUT2D eigenvalue weighted by Gasteiger charge is -2.17. The second-order valence-corrected chi connectivity index (χ2v) is 6.46. The molecule has 0 saturated carbocycles. The summed E-state index contributed by atoms with van der Waals surface area (Å²) >= 11 is 3.45. The Morgan fingerprint density at radius 1 is 1.14 bits per heavy atom. The van der Waals surface area contributed by atoms with Crippen molar-refractivity contribution in [1.29, 1.82) is 0 Å². The Morgan fingerprint density at radius 3 is 2.52 bits per heavy atom. The van der Waals surface area contributed by atoms with Crippen molar-refractivity contribution in [3.05, 3.63) is 40.9 Å². The van der Waals surface area contributed by atoms with Gasteiger partial charge in [-0.2, -0.15) is 0 Å². The van der Waals surface area contributed by atoms with Crippen molar-refractivity contribution in [2.45, 2.75) is 26.8 Å². The highest BCUT2D eigenvalue weighted by Crippen LogP contribution is 2.24. The molecule has 2 rings (SSSR count). The molecular formula is C17H20BrNO2. The third-order valence-electron chi connectivity index (χ3n) is 3.53. The van der Waals surface area contributed by atoms with Crippen LogP contribution in [0.1, 0.15) is 20.8 Å². The standard InChI is InChI=1S/C17H20BrNO2/c1-11(2)12(3)19-17(20)10-21-16-7-5-13-8-15(18)6-4-14(13)9-16/h4-9,11-12H,10H2,1-3H3,(H,19,20). The number of benzene rings is 2. The molecule has 3 nitrogen and oxygen atoms in total. The lowest BCUT2D eigenvalue weighted by Crippen LogP contribution is -2.38. The van der Waals surface area contributed by atoms with E-state index in [0.717, 1.165) is 15.2 Å². The summed E-state index contributed by atoms with van der Waals surface area (Å²) in [6, 6.07) is 12.0. The molecule has 0 aliphatic carbocycles. The van der Waals surface area contributed by atoms with Gasteiger partial charge in [0.05, 0.1) is 0 Å². The first-order chi connectivity index (χ1) is 9.95. The van der Waals surface area contributed by atoms with E-state index in [-0.39, 0.29) is 18.6 Å². The van der Waals surface area contributed by atoms with Crippen LogP contribution in [0.5, 0.6) is 5.75 Å². The lowest BCUT2D eigenvalue weighted by atomic mass is 10.1. The van der Waals surface area contributed by atoms with Gasteiger partial charge in [0.2, 0.25) is 0 Å². The topological polar surface area (TPSA) is 38.3 Å². The summed E-state index contributed by atoms with van der Waals surface area (Å²) in [5, 5.41) is 5.15. The minimum Gasteiger partial charge on any atom is -0.484 e. The Balaban J connectivity index is 1.97. The van der Waals surface area contributed by atoms with E-state index < -0.39 is 0 Å². The number of hydrogen-bond acceptors (Lipinski definition) is 2. The molecule has 0 saturated heterocycles. The van der Waals surface area contributed by atoms with E-state index in [0.29, 0.717) is 11.7 Å². The molecule has 0 spiro atoms. The number of nitrogens with one attached hydrogen (secondary N) is 1. The minimum absolute atomic E-state index is 0.0408. The fourth-order valence-corrected chi connectivity index (χ4v) is 2.27. The predicted molar refractivity (Wildman–Crippen MR) is 89.6 cm³/mol. The molecule has 1 atom stereocenters. The molecule has 0 aromatic heterocycles. The summed E-state index contributed by atoms with van der Waals surface area (Å²) in [5.74, 6) is 1.03. The van der Waals surface area contributed by atoms with Gasteiger partial charge in [0.1, 0.15) is 5.75 Å². The maximum Gasteiger partial charge on any atom is 0.258 e. The van der Waals surface area contributed by atoms with Gasteiger partial charge in [-0.3, -0.25) is 4.79 Å². The molecule has 21 heavy (non-hydrogen) atoms. The largest absolute Gasteiger partial charge is 0.484 e. The quantitative estimate of drug-likeness (QED) is 0.880. The first kappa shape index (κ1) is 15.8. The van der Waals surface area contributed by atoms with Crippen molar-refractivity contribution >= 4 is 32.6 Å². The number of halogens is 1. The number of fused-ring (bicyclic) bond motifs is 1. The van der Waals surface area contributed by atoms with Gasteiger partial charge in [-0.1, -0.05) is 41.9 Å². The summed E-state index contributed by atoms with van der Waals surface area (Å²) in [4.78, 5) is 11.8. The van der Waals surface area contributed by atoms with Gasteiger partial charge in [-0.15, -0.1) is 0 Å². The number of amides is 1. The first-order valence-corrected chi connectivity index (χ1v) is 7.86. The first-order valence-electron chi connectivity index (χ1n) is 7.07. The molecule has 0 aliphatic heterocycles. The highest BCUT2D eigenvalue weighted by atomic mass is 79.9. The summed E-state index contributed by atoms with van der Waals surface area (Å²) in [5.41, 5.74) is 0. The fourth-order valence-electron chi connectivity index (χ4n) is 1.90. The molecule has 2 aromatic carbocycles. The molecule has 0 aliphatic rings. The SMILES string of the molecule is CC(C)C(C)NC(=O)COc1ccc2cc(Br)ccc2c1. The van der Waals surface area contributed by atoms with E-state index in [1.54, 1.807) is 0 Å². The molecular weight excluding hydrogens is 330 g/mol. The number of carbonyl (C=O) groups is 1. The van der Waals surface area contributed by atoms with Gasteiger partial charge < -0.3 is 10.1 Å². The van der Waals surface area contributed by atoms with Crippen LogP contribution in [-0.2, 0) is 4.79 Å². The monoisotopic (exact) mass is 349 g/mol. The molecule has 1 unspecified atom stereocenters. The minimum atomic E-state index is -0.0906. The van der Waals surface area contributed by atoms with Gasteiger partial charge in [0, 0.05) is 10.5 Å². The number of rotatable bonds is 5. The Bertz CT molecular complexity index is 640. The Labute approximate surface area is 133 Å². The average Bonchev–Trinajstić information content (AvgIpc) is 2.44. The van der Waals surface area contributed by atoms with Crippen LogP contribution in [0.2, 0.25) is 0 Å². The zero-order valence-electron chi connectivity index (χ0n) is 12.5. The molecule has 4 heteroatoms. The van der Waals surface area contributed by atoms with E-state index in [1.165, 1.54) is 0 Å². The van der Waals surface area contributed by atoms with Gasteiger partial charge in [0.15, 0.2) is 6.61 Å². The lowest BCUT2D eigenvalue weighted by molar-refractivity contribution is -0.124. The molecule has 2 aromatic rings. The van der Waals surface area contributed by atoms with Crippen LogP contribution in [0.15, 0.2) is 40.9 Å². The smallest absolute Gasteiger partial charge is 0.258 e. The maximum atomic E-state index is 11.8. The van der Waals surface area contributed by atoms with Crippen molar-refractivity contribution in [2.24, 2.45) is 5.92 Å². The van der Waals surface area contributed by atoms with Crippen molar-refractivity contribution in [1.82, 2.24) is 5.32 Å². The normalized spacial score (nSPS) is 12.4. The van der Waals surface area contributed by atoms with Crippen molar-refractivity contribution in [2.75, 3.05) is 6.61 Å². The van der Waals surface area contributed by atoms with Crippen LogP contribution in [0.4, 0.5) is 0 Å². The second kappa shape index (κ2) is 6.94. The van der Waals surface area contributed by atoms with Crippen molar-refractivity contribution in [3.8, 4) is 5.75 Å². The van der Waals surface area contributed by atoms with Gasteiger partial charge in [-0.25, -0.2) is 0 Å². The Hall–Kier alpha value is -1.55. The van der Waals surface area contributed by atoms with E-state index in [1.807, 2.05) is 37.3 Å². The van der Waals surface area contributed by atoms with Crippen LogP contribution in [0, 0.1) is 5.92 Å². The van der Waals surface area contributed by atoms with Crippen molar-refractivity contribution < 1.29 is 9.53 Å². The van der Waals surface area contributed by atoms with Gasteiger partial charge in [-0.05, 0) is 47.9 Å². The van der Waals surface area contributed by atoms with Crippen LogP contribution >= 0.6 is 15.9 Å². The van der Waals surface area contributed by atoms with Gasteiger partial charge in [0.25, 0.3) is 5.91 Å². The molecule has 112 valence electrons. The number of carbonyl (C=O) groups excluding carboxylic acids is 1. The molecule has 1 amide bonds. The molecule has 0 heterocycles. The Morgan fingerprint density at radius 2 is 1.81 bits per heavy atom. The van der Waals surface area contributed by atoms with Crippen LogP contribution in [-0.4, -0.2) is 18.6 Å². The average molecular weight is 350 g/mol. The molecule has 0 bridgehead atoms. The zero-order valence-corrected chi connectivity index (χ0v) is 14.1. The highest BCUT2D eigenvalue weighted by molar-refractivity contribution is 9.10. The predicted octanol–water partition coefficient (Wildman–Crippen LogP) is 4.14. The fraction of sp³-hybridized carbons (Fsp3) is 0.353. The summed E-state index contributed by atoms with van der Waals surface area (Å²) < 4.78 is 6.61. The van der Waals surface area contributed by atoms with Crippen LogP contribution < -0.4 is 10.1 Å². The molecule has 0 radical (unpaired) electrons. The number of ether oxygens (including phenoxy) is 1. The van der Waals surface area contributed by atoms with E-state index in [9.17, 15) is 4.79 Å². The number of hydrogen-bond donors (Lipinski definition) is 1. The van der Waals surface area contributed by atoms with E-state index in [2.05, 4.69) is 41.2 Å².